The molecular formula is C18H14ClN2O4-. The Morgan fingerprint density at radius 3 is 2.32 bits per heavy atom. The molecule has 0 aliphatic heterocycles. The van der Waals surface area contributed by atoms with Crippen molar-refractivity contribution in [1.82, 2.24) is 0 Å². The molecule has 0 aliphatic carbocycles. The van der Waals surface area contributed by atoms with E-state index in [-0.39, 0.29) is 5.91 Å². The summed E-state index contributed by atoms with van der Waals surface area (Å²) >= 11 is 6.02. The standard InChI is InChI=1S/C18H15ClN2O4/c1-11-14(19)3-2-4-15(11)21-18(25)12-5-7-13(8-6-12)20-16(22)9-10-17(23)24/h2-10H,1H3,(H,20,22)(H,21,25)(H,23,24)/p-1/b10-9+. The van der Waals surface area contributed by atoms with Crippen molar-refractivity contribution >= 4 is 40.8 Å². The number of carbonyl (C=O) groups excluding carboxylic acids is 3. The Bertz CT molecular complexity index is 845. The maximum Gasteiger partial charge on any atom is 0.255 e. The summed E-state index contributed by atoms with van der Waals surface area (Å²) < 4.78 is 0. The number of rotatable bonds is 5. The zero-order valence-corrected chi connectivity index (χ0v) is 14.0. The molecule has 128 valence electrons. The number of halogens is 1. The highest BCUT2D eigenvalue weighted by atomic mass is 35.5. The number of amides is 2. The zero-order chi connectivity index (χ0) is 18.4. The van der Waals surface area contributed by atoms with E-state index < -0.39 is 11.9 Å². The molecule has 7 heteroatoms. The summed E-state index contributed by atoms with van der Waals surface area (Å²) in [4.78, 5) is 34.0. The summed E-state index contributed by atoms with van der Waals surface area (Å²) in [6.45, 7) is 1.80. The van der Waals surface area contributed by atoms with Gasteiger partial charge in [-0.15, -0.1) is 0 Å². The predicted octanol–water partition coefficient (Wildman–Crippen LogP) is 2.15. The molecule has 0 saturated carbocycles. The zero-order valence-electron chi connectivity index (χ0n) is 13.2. The Morgan fingerprint density at radius 2 is 1.68 bits per heavy atom. The van der Waals surface area contributed by atoms with Crippen LogP contribution in [-0.4, -0.2) is 17.8 Å². The molecule has 0 radical (unpaired) electrons. The molecule has 0 fully saturated rings. The van der Waals surface area contributed by atoms with Gasteiger partial charge < -0.3 is 20.5 Å². The molecule has 0 spiro atoms. The second-order valence-electron chi connectivity index (χ2n) is 5.09. The second-order valence-corrected chi connectivity index (χ2v) is 5.49. The quantitative estimate of drug-likeness (QED) is 0.801. The highest BCUT2D eigenvalue weighted by molar-refractivity contribution is 6.31. The van der Waals surface area contributed by atoms with Crippen molar-refractivity contribution in [3.63, 3.8) is 0 Å². The molecule has 0 saturated heterocycles. The Kier molecular flexibility index (Phi) is 5.92. The van der Waals surface area contributed by atoms with Crippen LogP contribution in [0.4, 0.5) is 11.4 Å². The van der Waals surface area contributed by atoms with E-state index in [1.165, 1.54) is 24.3 Å². The van der Waals surface area contributed by atoms with Crippen LogP contribution in [-0.2, 0) is 9.59 Å². The van der Waals surface area contributed by atoms with Gasteiger partial charge in [0.25, 0.3) is 5.91 Å². The molecule has 0 aliphatic rings. The van der Waals surface area contributed by atoms with Gasteiger partial charge in [0.15, 0.2) is 0 Å². The summed E-state index contributed by atoms with van der Waals surface area (Å²) in [5, 5.41) is 16.0. The predicted molar refractivity (Wildman–Crippen MR) is 93.4 cm³/mol. The van der Waals surface area contributed by atoms with Gasteiger partial charge in [-0.2, -0.15) is 0 Å². The van der Waals surface area contributed by atoms with Gasteiger partial charge in [-0.1, -0.05) is 17.7 Å². The van der Waals surface area contributed by atoms with Crippen molar-refractivity contribution in [3.05, 3.63) is 70.8 Å². The van der Waals surface area contributed by atoms with E-state index in [0.29, 0.717) is 28.0 Å². The second kappa shape index (κ2) is 8.12. The van der Waals surface area contributed by atoms with E-state index in [9.17, 15) is 19.5 Å². The molecule has 2 amide bonds. The van der Waals surface area contributed by atoms with Crippen molar-refractivity contribution in [2.24, 2.45) is 0 Å². The Morgan fingerprint density at radius 1 is 1.00 bits per heavy atom. The molecule has 0 aromatic heterocycles. The van der Waals surface area contributed by atoms with E-state index in [1.54, 1.807) is 25.1 Å². The van der Waals surface area contributed by atoms with Crippen LogP contribution in [0, 0.1) is 6.92 Å². The van der Waals surface area contributed by atoms with Crippen LogP contribution in [0.25, 0.3) is 0 Å². The molecule has 0 heterocycles. The fourth-order valence-electron chi connectivity index (χ4n) is 1.97. The fourth-order valence-corrected chi connectivity index (χ4v) is 2.14. The fraction of sp³-hybridized carbons (Fsp3) is 0.0556. The lowest BCUT2D eigenvalue weighted by Gasteiger charge is -2.10. The van der Waals surface area contributed by atoms with Gasteiger partial charge in [0.05, 0.1) is 5.97 Å². The third kappa shape index (κ3) is 5.19. The molecule has 0 atom stereocenters. The molecule has 6 nitrogen and oxygen atoms in total. The lowest BCUT2D eigenvalue weighted by molar-refractivity contribution is -0.297. The summed E-state index contributed by atoms with van der Waals surface area (Å²) in [6, 6.07) is 11.4. The molecule has 0 unspecified atom stereocenters. The molecule has 0 bridgehead atoms. The molecule has 2 aromatic carbocycles. The minimum atomic E-state index is -1.46. The molecule has 2 N–H and O–H groups in total. The van der Waals surface area contributed by atoms with Crippen molar-refractivity contribution in [2.75, 3.05) is 10.6 Å². The minimum absolute atomic E-state index is 0.319. The first-order valence-corrected chi connectivity index (χ1v) is 7.61. The van der Waals surface area contributed by atoms with E-state index >= 15 is 0 Å². The van der Waals surface area contributed by atoms with Crippen molar-refractivity contribution < 1.29 is 19.5 Å². The van der Waals surface area contributed by atoms with Gasteiger partial charge in [-0.3, -0.25) is 9.59 Å². The number of carboxylic acid groups (broad SMARTS) is 1. The van der Waals surface area contributed by atoms with Gasteiger partial charge in [-0.25, -0.2) is 0 Å². The lowest BCUT2D eigenvalue weighted by atomic mass is 10.1. The van der Waals surface area contributed by atoms with Crippen LogP contribution in [0.2, 0.25) is 5.02 Å². The van der Waals surface area contributed by atoms with E-state index in [2.05, 4.69) is 10.6 Å². The molecule has 2 rings (SSSR count). The van der Waals surface area contributed by atoms with E-state index in [0.717, 1.165) is 11.6 Å². The SMILES string of the molecule is Cc1c(Cl)cccc1NC(=O)c1ccc(NC(=O)/C=C/C(=O)[O-])cc1. The number of benzene rings is 2. The number of hydrogen-bond donors (Lipinski definition) is 2. The number of hydrogen-bond acceptors (Lipinski definition) is 4. The average molecular weight is 358 g/mol. The van der Waals surface area contributed by atoms with Crippen LogP contribution in [0.3, 0.4) is 0 Å². The third-order valence-corrected chi connectivity index (χ3v) is 3.71. The van der Waals surface area contributed by atoms with Gasteiger partial charge >= 0.3 is 0 Å². The maximum absolute atomic E-state index is 12.3. The first-order chi connectivity index (χ1) is 11.9. The lowest BCUT2D eigenvalue weighted by Crippen LogP contribution is -2.20. The first kappa shape index (κ1) is 18.2. The number of carbonyl (C=O) groups is 3. The molecule has 25 heavy (non-hydrogen) atoms. The largest absolute Gasteiger partial charge is 0.545 e. The minimum Gasteiger partial charge on any atom is -0.545 e. The molecular weight excluding hydrogens is 344 g/mol. The number of carboxylic acids is 1. The summed E-state index contributed by atoms with van der Waals surface area (Å²) in [6.07, 6.45) is 1.47. The Labute approximate surface area is 149 Å². The first-order valence-electron chi connectivity index (χ1n) is 7.23. The van der Waals surface area contributed by atoms with Gasteiger partial charge in [-0.05, 0) is 55.0 Å². The topological polar surface area (TPSA) is 98.3 Å². The summed E-state index contributed by atoms with van der Waals surface area (Å²) in [7, 11) is 0. The van der Waals surface area contributed by atoms with Crippen LogP contribution in [0.5, 0.6) is 0 Å². The van der Waals surface area contributed by atoms with Crippen LogP contribution in [0.15, 0.2) is 54.6 Å². The smallest absolute Gasteiger partial charge is 0.255 e. The highest BCUT2D eigenvalue weighted by Crippen LogP contribution is 2.23. The average Bonchev–Trinajstić information content (AvgIpc) is 2.58. The number of nitrogens with one attached hydrogen (secondary N) is 2. The van der Waals surface area contributed by atoms with E-state index in [4.69, 9.17) is 11.6 Å². The number of aliphatic carboxylic acids is 1. The van der Waals surface area contributed by atoms with Crippen molar-refractivity contribution in [1.29, 1.82) is 0 Å². The van der Waals surface area contributed by atoms with Gasteiger partial charge in [0, 0.05) is 28.0 Å². The maximum atomic E-state index is 12.3. The van der Waals surface area contributed by atoms with Gasteiger partial charge in [0.1, 0.15) is 0 Å². The third-order valence-electron chi connectivity index (χ3n) is 3.30. The van der Waals surface area contributed by atoms with Crippen LogP contribution >= 0.6 is 11.6 Å². The summed E-state index contributed by atoms with van der Waals surface area (Å²) in [5.41, 5.74) is 2.19. The van der Waals surface area contributed by atoms with Crippen LogP contribution in [0.1, 0.15) is 15.9 Å². The monoisotopic (exact) mass is 357 g/mol. The highest BCUT2D eigenvalue weighted by Gasteiger charge is 2.09. The summed E-state index contributed by atoms with van der Waals surface area (Å²) in [5.74, 6) is -2.39. The normalized spacial score (nSPS) is 10.5. The number of anilines is 2. The van der Waals surface area contributed by atoms with Crippen molar-refractivity contribution in [3.8, 4) is 0 Å². The Balaban J connectivity index is 2.04. The van der Waals surface area contributed by atoms with E-state index in [1.807, 2.05) is 0 Å². The molecule has 2 aromatic rings. The van der Waals surface area contributed by atoms with Crippen molar-refractivity contribution in [2.45, 2.75) is 6.92 Å². The van der Waals surface area contributed by atoms with Gasteiger partial charge in [0.2, 0.25) is 5.91 Å². The Hall–Kier alpha value is -3.12. The van der Waals surface area contributed by atoms with Crippen LogP contribution < -0.4 is 15.7 Å².